The zero-order chi connectivity index (χ0) is 28.3. The van der Waals surface area contributed by atoms with Gasteiger partial charge in [-0.3, -0.25) is 9.59 Å². The average molecular weight is 545 g/mol. The monoisotopic (exact) mass is 544 g/mol. The molecule has 0 aromatic carbocycles. The average Bonchev–Trinajstić information content (AvgIpc) is 3.47. The standard InChI is InChI=1S/C30H40O9/c1-26(2)16(23(32)35-6)13-20(31)28(4)18-8-10-27(3)21(15-9-11-37-14-15)38-25(34)22-30(27,39-22)29(18,5)17(12-19(26)28)24(33)36-7/h9,11,14,16-22,31H,8,10,12-13H2,1-7H3. The van der Waals surface area contributed by atoms with E-state index >= 15 is 0 Å². The van der Waals surface area contributed by atoms with Crippen molar-refractivity contribution in [2.45, 2.75) is 84.2 Å². The quantitative estimate of drug-likeness (QED) is 0.343. The Hall–Kier alpha value is -2.39. The van der Waals surface area contributed by atoms with Crippen LogP contribution in [0.3, 0.4) is 0 Å². The Balaban J connectivity index is 1.54. The lowest BCUT2D eigenvalue weighted by molar-refractivity contribution is -0.277. The van der Waals surface area contributed by atoms with Gasteiger partial charge in [-0.05, 0) is 49.0 Å². The summed E-state index contributed by atoms with van der Waals surface area (Å²) in [7, 11) is 2.76. The molecule has 39 heavy (non-hydrogen) atoms. The highest BCUT2D eigenvalue weighted by atomic mass is 16.7. The fourth-order valence-electron chi connectivity index (χ4n) is 10.6. The number of epoxide rings is 1. The van der Waals surface area contributed by atoms with E-state index in [0.717, 1.165) is 5.56 Å². The smallest absolute Gasteiger partial charge is 0.339 e. The van der Waals surface area contributed by atoms with E-state index in [-0.39, 0.29) is 30.2 Å². The Bertz CT molecular complexity index is 1210. The predicted octanol–water partition coefficient (Wildman–Crippen LogP) is 3.83. The number of furan rings is 1. The first-order valence-corrected chi connectivity index (χ1v) is 14.0. The molecule has 1 spiro atoms. The van der Waals surface area contributed by atoms with E-state index in [9.17, 15) is 19.5 Å². The molecule has 11 atom stereocenters. The Morgan fingerprint density at radius 3 is 2.26 bits per heavy atom. The Morgan fingerprint density at radius 2 is 1.64 bits per heavy atom. The van der Waals surface area contributed by atoms with Crippen molar-refractivity contribution in [3.8, 4) is 0 Å². The number of methoxy groups -OCH3 is 2. The van der Waals surface area contributed by atoms with E-state index < -0.39 is 63.4 Å². The molecule has 0 radical (unpaired) electrons. The molecule has 5 aliphatic rings. The van der Waals surface area contributed by atoms with Gasteiger partial charge in [-0.15, -0.1) is 0 Å². The van der Waals surface area contributed by atoms with E-state index in [1.807, 2.05) is 6.07 Å². The van der Waals surface area contributed by atoms with Crippen LogP contribution < -0.4 is 0 Å². The molecular formula is C30H40O9. The summed E-state index contributed by atoms with van der Waals surface area (Å²) in [6.07, 6.45) is 2.98. The summed E-state index contributed by atoms with van der Waals surface area (Å²) in [5.41, 5.74) is -2.92. The van der Waals surface area contributed by atoms with Gasteiger partial charge in [0, 0.05) is 21.8 Å². The van der Waals surface area contributed by atoms with Crippen LogP contribution in [0, 0.1) is 45.3 Å². The van der Waals surface area contributed by atoms with Gasteiger partial charge < -0.3 is 28.5 Å². The SMILES string of the molecule is COC(=O)C1CC(O)C2(C)C(CC(C(=O)OC)C3(C)C2CCC2(C)C(c4ccoc4)OC(=O)C4OC423)C1(C)C. The lowest BCUT2D eigenvalue weighted by Crippen LogP contribution is -2.74. The van der Waals surface area contributed by atoms with Crippen LogP contribution in [0.4, 0.5) is 0 Å². The van der Waals surface area contributed by atoms with Gasteiger partial charge in [-0.1, -0.05) is 34.6 Å². The lowest BCUT2D eigenvalue weighted by Gasteiger charge is -2.71. The van der Waals surface area contributed by atoms with Gasteiger partial charge in [-0.2, -0.15) is 0 Å². The maximum atomic E-state index is 13.7. The van der Waals surface area contributed by atoms with Crippen molar-refractivity contribution >= 4 is 17.9 Å². The van der Waals surface area contributed by atoms with Crippen LogP contribution in [0.15, 0.2) is 23.0 Å². The van der Waals surface area contributed by atoms with Crippen molar-refractivity contribution in [1.29, 1.82) is 0 Å². The van der Waals surface area contributed by atoms with Gasteiger partial charge in [0.05, 0.1) is 44.7 Å². The van der Waals surface area contributed by atoms with E-state index in [1.165, 1.54) is 14.2 Å². The predicted molar refractivity (Wildman–Crippen MR) is 136 cm³/mol. The molecule has 3 heterocycles. The molecule has 1 aromatic heterocycles. The summed E-state index contributed by atoms with van der Waals surface area (Å²) in [5, 5.41) is 11.9. The highest BCUT2D eigenvalue weighted by molar-refractivity contribution is 5.84. The molecule has 9 nitrogen and oxygen atoms in total. The molecule has 3 saturated carbocycles. The summed E-state index contributed by atoms with van der Waals surface area (Å²) in [6, 6.07) is 1.81. The molecule has 0 amide bonds. The number of esters is 3. The highest BCUT2D eigenvalue weighted by Gasteiger charge is 2.89. The van der Waals surface area contributed by atoms with Gasteiger partial charge in [0.25, 0.3) is 0 Å². The third kappa shape index (κ3) is 2.91. The third-order valence-electron chi connectivity index (χ3n) is 12.5. The molecule has 214 valence electrons. The van der Waals surface area contributed by atoms with Gasteiger partial charge >= 0.3 is 17.9 Å². The maximum Gasteiger partial charge on any atom is 0.339 e. The number of cyclic esters (lactones) is 1. The fourth-order valence-corrected chi connectivity index (χ4v) is 10.6. The molecule has 2 saturated heterocycles. The summed E-state index contributed by atoms with van der Waals surface area (Å²) < 4.78 is 28.5. The summed E-state index contributed by atoms with van der Waals surface area (Å²) >= 11 is 0. The number of aliphatic hydroxyl groups excluding tert-OH is 1. The highest BCUT2D eigenvalue weighted by Crippen LogP contribution is 2.81. The van der Waals surface area contributed by atoms with Crippen molar-refractivity contribution in [3.05, 3.63) is 24.2 Å². The molecule has 3 aliphatic carbocycles. The normalized spacial score (nSPS) is 49.3. The van der Waals surface area contributed by atoms with E-state index in [0.29, 0.717) is 19.3 Å². The molecule has 6 rings (SSSR count). The first-order valence-electron chi connectivity index (χ1n) is 14.0. The number of carbonyl (C=O) groups is 3. The van der Waals surface area contributed by atoms with Crippen LogP contribution in [0.1, 0.15) is 72.0 Å². The van der Waals surface area contributed by atoms with Crippen molar-refractivity contribution < 1.29 is 42.9 Å². The first-order chi connectivity index (χ1) is 18.3. The summed E-state index contributed by atoms with van der Waals surface area (Å²) in [6.45, 7) is 10.4. The minimum Gasteiger partial charge on any atom is -0.472 e. The second kappa shape index (κ2) is 8.09. The van der Waals surface area contributed by atoms with E-state index in [4.69, 9.17) is 23.4 Å². The van der Waals surface area contributed by atoms with Crippen molar-refractivity contribution in [1.82, 2.24) is 0 Å². The largest absolute Gasteiger partial charge is 0.472 e. The number of carbonyl (C=O) groups excluding carboxylic acids is 3. The topological polar surface area (TPSA) is 125 Å². The van der Waals surface area contributed by atoms with Crippen molar-refractivity contribution in [2.75, 3.05) is 14.2 Å². The molecular weight excluding hydrogens is 504 g/mol. The maximum absolute atomic E-state index is 13.7. The number of hydrogen-bond acceptors (Lipinski definition) is 9. The second-order valence-electron chi connectivity index (χ2n) is 13.8. The minimum absolute atomic E-state index is 0.182. The zero-order valence-corrected chi connectivity index (χ0v) is 23.8. The van der Waals surface area contributed by atoms with Crippen LogP contribution in [0.25, 0.3) is 0 Å². The van der Waals surface area contributed by atoms with Crippen LogP contribution in [0.5, 0.6) is 0 Å². The van der Waals surface area contributed by atoms with Gasteiger partial charge in [0.2, 0.25) is 0 Å². The number of ether oxygens (including phenoxy) is 4. The fraction of sp³-hybridized carbons (Fsp3) is 0.767. The van der Waals surface area contributed by atoms with Crippen molar-refractivity contribution in [3.63, 3.8) is 0 Å². The van der Waals surface area contributed by atoms with Crippen LogP contribution in [-0.2, 0) is 33.3 Å². The number of hydrogen-bond donors (Lipinski definition) is 1. The molecule has 0 bridgehead atoms. The Kier molecular flexibility index (Phi) is 5.56. The van der Waals surface area contributed by atoms with Gasteiger partial charge in [-0.25, -0.2) is 4.79 Å². The number of aliphatic hydroxyl groups is 1. The molecule has 1 N–H and O–H groups in total. The lowest BCUT2D eigenvalue weighted by atomic mass is 9.32. The van der Waals surface area contributed by atoms with Crippen LogP contribution >= 0.6 is 0 Å². The van der Waals surface area contributed by atoms with Crippen LogP contribution in [0.2, 0.25) is 0 Å². The van der Waals surface area contributed by atoms with E-state index in [1.54, 1.807) is 12.5 Å². The molecule has 5 fully saturated rings. The van der Waals surface area contributed by atoms with Gasteiger partial charge in [0.15, 0.2) is 6.10 Å². The number of fused-ring (bicyclic) bond motifs is 3. The van der Waals surface area contributed by atoms with Crippen LogP contribution in [-0.4, -0.2) is 55.0 Å². The molecule has 2 aliphatic heterocycles. The first kappa shape index (κ1) is 26.8. The summed E-state index contributed by atoms with van der Waals surface area (Å²) in [5.74, 6) is -2.64. The van der Waals surface area contributed by atoms with Crippen molar-refractivity contribution in [2.24, 2.45) is 45.3 Å². The molecule has 1 aromatic rings. The Labute approximate surface area is 228 Å². The van der Waals surface area contributed by atoms with Gasteiger partial charge in [0.1, 0.15) is 11.7 Å². The Morgan fingerprint density at radius 1 is 0.974 bits per heavy atom. The van der Waals surface area contributed by atoms with E-state index in [2.05, 4.69) is 34.6 Å². The zero-order valence-electron chi connectivity index (χ0n) is 23.8. The molecule has 11 unspecified atom stereocenters. The third-order valence-corrected chi connectivity index (χ3v) is 12.5. The number of rotatable bonds is 3. The minimum atomic E-state index is -0.990. The summed E-state index contributed by atoms with van der Waals surface area (Å²) in [4.78, 5) is 40.0. The molecule has 9 heteroatoms. The second-order valence-corrected chi connectivity index (χ2v) is 13.8.